The van der Waals surface area contributed by atoms with Gasteiger partial charge in [0.15, 0.2) is 0 Å². The molecule has 0 aromatic rings. The Morgan fingerprint density at radius 1 is 1.38 bits per heavy atom. The van der Waals surface area contributed by atoms with E-state index < -0.39 is 0 Å². The molecule has 1 heteroatoms. The first-order valence-electron chi connectivity index (χ1n) is 2.95. The SMILES string of the molecule is [CH-]=CCCCCC.[Li+]. The Balaban J connectivity index is 0. The number of allylic oxidation sites excluding steroid dienone is 1. The Kier molecular flexibility index (Phi) is 14.5. The molecular weight excluding hydrogens is 91.0 g/mol. The zero-order chi connectivity index (χ0) is 5.54. The fourth-order valence-electron chi connectivity index (χ4n) is 0.512. The second kappa shape index (κ2) is 10.3. The summed E-state index contributed by atoms with van der Waals surface area (Å²) in [6, 6.07) is 0. The normalized spacial score (nSPS) is 7.62. The van der Waals surface area contributed by atoms with Gasteiger partial charge in [-0.1, -0.05) is 32.6 Å². The molecular formula is C7H13Li. The molecule has 0 radical (unpaired) electrons. The van der Waals surface area contributed by atoms with Crippen LogP contribution < -0.4 is 18.9 Å². The fourth-order valence-corrected chi connectivity index (χ4v) is 0.512. The van der Waals surface area contributed by atoms with Crippen LogP contribution in [-0.4, -0.2) is 0 Å². The minimum absolute atomic E-state index is 0. The van der Waals surface area contributed by atoms with E-state index in [2.05, 4.69) is 6.92 Å². The molecule has 0 saturated heterocycles. The van der Waals surface area contributed by atoms with Gasteiger partial charge < -0.3 is 6.58 Å². The third-order valence-electron chi connectivity index (χ3n) is 0.974. The van der Waals surface area contributed by atoms with Crippen LogP contribution in [0, 0.1) is 6.58 Å². The Morgan fingerprint density at radius 2 is 2.00 bits per heavy atom. The molecule has 0 amide bonds. The van der Waals surface area contributed by atoms with E-state index in [-0.39, 0.29) is 18.9 Å². The minimum Gasteiger partial charge on any atom is -0.518 e. The molecule has 8 heavy (non-hydrogen) atoms. The molecule has 0 aromatic carbocycles. The van der Waals surface area contributed by atoms with Gasteiger partial charge in [0, 0.05) is 0 Å². The molecule has 0 aromatic heterocycles. The van der Waals surface area contributed by atoms with Gasteiger partial charge in [-0.15, -0.1) is 0 Å². The van der Waals surface area contributed by atoms with Crippen molar-refractivity contribution in [1.82, 2.24) is 0 Å². The van der Waals surface area contributed by atoms with Crippen molar-refractivity contribution < 1.29 is 18.9 Å². The summed E-state index contributed by atoms with van der Waals surface area (Å²) in [7, 11) is 0. The monoisotopic (exact) mass is 104 g/mol. The molecule has 0 nitrogen and oxygen atoms in total. The van der Waals surface area contributed by atoms with Gasteiger partial charge in [-0.05, 0) is 0 Å². The molecule has 0 fully saturated rings. The maximum atomic E-state index is 5.14. The Labute approximate surface area is 64.5 Å². The maximum Gasteiger partial charge on any atom is 1.00 e. The first kappa shape index (κ1) is 11.2. The van der Waals surface area contributed by atoms with Crippen LogP contribution in [0.5, 0.6) is 0 Å². The van der Waals surface area contributed by atoms with Crippen molar-refractivity contribution >= 4 is 0 Å². The Bertz CT molecular complexity index is 41.7. The summed E-state index contributed by atoms with van der Waals surface area (Å²) >= 11 is 0. The number of rotatable bonds is 4. The predicted octanol–water partition coefficient (Wildman–Crippen LogP) is -0.440. The quantitative estimate of drug-likeness (QED) is 0.258. The molecule has 42 valence electrons. The van der Waals surface area contributed by atoms with Crippen molar-refractivity contribution in [2.75, 3.05) is 0 Å². The molecule has 0 aliphatic carbocycles. The van der Waals surface area contributed by atoms with Crippen LogP contribution in [0.4, 0.5) is 0 Å². The molecule has 0 spiro atoms. The Hall–Kier alpha value is 0.337. The zero-order valence-corrected chi connectivity index (χ0v) is 5.98. The zero-order valence-electron chi connectivity index (χ0n) is 5.98. The molecule has 0 unspecified atom stereocenters. The largest absolute Gasteiger partial charge is 1.00 e. The maximum absolute atomic E-state index is 5.14. The fraction of sp³-hybridized carbons (Fsp3) is 0.714. The molecule has 0 aliphatic heterocycles. The molecule has 0 heterocycles. The third kappa shape index (κ3) is 9.60. The van der Waals surface area contributed by atoms with Crippen LogP contribution in [0.15, 0.2) is 6.08 Å². The smallest absolute Gasteiger partial charge is 0.518 e. The Morgan fingerprint density at radius 3 is 2.38 bits per heavy atom. The van der Waals surface area contributed by atoms with Gasteiger partial charge in [-0.25, -0.2) is 0 Å². The van der Waals surface area contributed by atoms with E-state index in [0.717, 1.165) is 6.42 Å². The number of unbranched alkanes of at least 4 members (excludes halogenated alkanes) is 3. The van der Waals surface area contributed by atoms with Crippen molar-refractivity contribution in [3.63, 3.8) is 0 Å². The molecule has 0 aliphatic rings. The van der Waals surface area contributed by atoms with E-state index in [9.17, 15) is 0 Å². The van der Waals surface area contributed by atoms with E-state index in [4.69, 9.17) is 6.58 Å². The van der Waals surface area contributed by atoms with E-state index in [0.29, 0.717) is 0 Å². The molecule has 0 bridgehead atoms. The van der Waals surface area contributed by atoms with Gasteiger partial charge in [0.1, 0.15) is 0 Å². The van der Waals surface area contributed by atoms with Crippen LogP contribution in [0.1, 0.15) is 32.6 Å². The van der Waals surface area contributed by atoms with Gasteiger partial charge >= 0.3 is 18.9 Å². The van der Waals surface area contributed by atoms with Crippen LogP contribution in [0.25, 0.3) is 0 Å². The van der Waals surface area contributed by atoms with Crippen LogP contribution >= 0.6 is 0 Å². The summed E-state index contributed by atoms with van der Waals surface area (Å²) in [4.78, 5) is 0. The van der Waals surface area contributed by atoms with E-state index in [1.807, 2.05) is 0 Å². The van der Waals surface area contributed by atoms with E-state index >= 15 is 0 Å². The predicted molar refractivity (Wildman–Crippen MR) is 33.0 cm³/mol. The van der Waals surface area contributed by atoms with Gasteiger partial charge in [0.2, 0.25) is 0 Å². The van der Waals surface area contributed by atoms with Crippen LogP contribution in [0.2, 0.25) is 0 Å². The number of hydrogen-bond donors (Lipinski definition) is 0. The van der Waals surface area contributed by atoms with Crippen molar-refractivity contribution in [3.8, 4) is 0 Å². The van der Waals surface area contributed by atoms with Crippen molar-refractivity contribution in [3.05, 3.63) is 12.7 Å². The van der Waals surface area contributed by atoms with Gasteiger partial charge in [0.25, 0.3) is 0 Å². The molecule has 0 atom stereocenters. The van der Waals surface area contributed by atoms with Gasteiger partial charge in [0.05, 0.1) is 0 Å². The second-order valence-electron chi connectivity index (χ2n) is 1.73. The van der Waals surface area contributed by atoms with Gasteiger partial charge in [-0.3, -0.25) is 6.08 Å². The first-order chi connectivity index (χ1) is 3.41. The summed E-state index contributed by atoms with van der Waals surface area (Å²) in [5, 5.41) is 0. The van der Waals surface area contributed by atoms with Crippen molar-refractivity contribution in [2.45, 2.75) is 32.6 Å². The summed E-state index contributed by atoms with van der Waals surface area (Å²) in [6.45, 7) is 7.34. The standard InChI is InChI=1S/C7H13.Li/c1-3-5-7-6-4-2;/h1,3H,4-7H2,2H3;/q-1;+1. The molecule has 0 N–H and O–H groups in total. The average molecular weight is 104 g/mol. The number of hydrogen-bond acceptors (Lipinski definition) is 0. The van der Waals surface area contributed by atoms with Gasteiger partial charge in [-0.2, -0.15) is 0 Å². The van der Waals surface area contributed by atoms with Crippen molar-refractivity contribution in [1.29, 1.82) is 0 Å². The first-order valence-corrected chi connectivity index (χ1v) is 2.95. The van der Waals surface area contributed by atoms with Crippen molar-refractivity contribution in [2.24, 2.45) is 0 Å². The van der Waals surface area contributed by atoms with E-state index in [1.165, 1.54) is 19.3 Å². The topological polar surface area (TPSA) is 0 Å². The minimum atomic E-state index is 0. The molecule has 0 rings (SSSR count). The van der Waals surface area contributed by atoms with E-state index in [1.54, 1.807) is 6.08 Å². The summed E-state index contributed by atoms with van der Waals surface area (Å²) < 4.78 is 0. The summed E-state index contributed by atoms with van der Waals surface area (Å²) in [6.07, 6.45) is 6.66. The second-order valence-corrected chi connectivity index (χ2v) is 1.73. The summed E-state index contributed by atoms with van der Waals surface area (Å²) in [5.41, 5.74) is 0. The molecule has 0 saturated carbocycles. The third-order valence-corrected chi connectivity index (χ3v) is 0.974. The average Bonchev–Trinajstić information content (AvgIpc) is 1.69. The van der Waals surface area contributed by atoms with Crippen LogP contribution in [-0.2, 0) is 0 Å². The summed E-state index contributed by atoms with van der Waals surface area (Å²) in [5.74, 6) is 0. The van der Waals surface area contributed by atoms with Crippen LogP contribution in [0.3, 0.4) is 0 Å².